The summed E-state index contributed by atoms with van der Waals surface area (Å²) in [6.45, 7) is 5.18. The van der Waals surface area contributed by atoms with E-state index in [-0.39, 0.29) is 49.8 Å². The molecular formula is C18H26N2O5S. The number of amides is 1. The summed E-state index contributed by atoms with van der Waals surface area (Å²) < 4.78 is 26.9. The van der Waals surface area contributed by atoms with Gasteiger partial charge in [0.2, 0.25) is 15.9 Å². The minimum atomic E-state index is -3.58. The monoisotopic (exact) mass is 382 g/mol. The summed E-state index contributed by atoms with van der Waals surface area (Å²) in [5.74, 6) is -0.880. The van der Waals surface area contributed by atoms with Gasteiger partial charge in [-0.05, 0) is 30.0 Å². The number of hydrogen-bond donors (Lipinski definition) is 1. The van der Waals surface area contributed by atoms with Crippen LogP contribution in [0.3, 0.4) is 0 Å². The Morgan fingerprint density at radius 3 is 2.15 bits per heavy atom. The quantitative estimate of drug-likeness (QED) is 0.777. The molecule has 0 spiro atoms. The van der Waals surface area contributed by atoms with E-state index in [9.17, 15) is 18.0 Å². The van der Waals surface area contributed by atoms with Crippen molar-refractivity contribution in [3.8, 4) is 0 Å². The molecule has 1 aromatic rings. The standard InChI is InChI=1S/C18H26N2O5S/c1-3-14(2)15-4-6-16(7-5-15)26(24,25)20-12-10-19(11-13-20)17(21)8-9-18(22)23/h4-7,14H,3,8-13H2,1-2H3,(H,22,23)/t14-/m1/s1. The number of sulfonamides is 1. The molecule has 1 atom stereocenters. The third kappa shape index (κ3) is 4.82. The van der Waals surface area contributed by atoms with Crippen molar-refractivity contribution in [1.29, 1.82) is 0 Å². The smallest absolute Gasteiger partial charge is 0.303 e. The number of nitrogens with zero attached hydrogens (tertiary/aromatic N) is 2. The summed E-state index contributed by atoms with van der Waals surface area (Å²) in [4.78, 5) is 24.3. The van der Waals surface area contributed by atoms with E-state index in [1.54, 1.807) is 12.1 Å². The molecule has 144 valence electrons. The van der Waals surface area contributed by atoms with Gasteiger partial charge in [0.15, 0.2) is 0 Å². The van der Waals surface area contributed by atoms with Crippen molar-refractivity contribution in [3.63, 3.8) is 0 Å². The lowest BCUT2D eigenvalue weighted by atomic mass is 9.99. The van der Waals surface area contributed by atoms with Gasteiger partial charge in [0.05, 0.1) is 11.3 Å². The van der Waals surface area contributed by atoms with Crippen LogP contribution in [0, 0.1) is 0 Å². The summed E-state index contributed by atoms with van der Waals surface area (Å²) in [6, 6.07) is 6.99. The Morgan fingerprint density at radius 1 is 1.08 bits per heavy atom. The number of carboxylic acids is 1. The van der Waals surface area contributed by atoms with Crippen LogP contribution in [0.15, 0.2) is 29.2 Å². The predicted octanol–water partition coefficient (Wildman–Crippen LogP) is 1.90. The summed E-state index contributed by atoms with van der Waals surface area (Å²) >= 11 is 0. The van der Waals surface area contributed by atoms with Gasteiger partial charge in [0.25, 0.3) is 0 Å². The molecule has 1 N–H and O–H groups in total. The van der Waals surface area contributed by atoms with Crippen molar-refractivity contribution in [2.24, 2.45) is 0 Å². The average Bonchev–Trinajstić information content (AvgIpc) is 2.65. The zero-order chi connectivity index (χ0) is 19.3. The van der Waals surface area contributed by atoms with Crippen molar-refractivity contribution in [1.82, 2.24) is 9.21 Å². The molecular weight excluding hydrogens is 356 g/mol. The fraction of sp³-hybridized carbons (Fsp3) is 0.556. The lowest BCUT2D eigenvalue weighted by Gasteiger charge is -2.34. The van der Waals surface area contributed by atoms with Crippen LogP contribution in [0.2, 0.25) is 0 Å². The van der Waals surface area contributed by atoms with Crippen LogP contribution >= 0.6 is 0 Å². The molecule has 8 heteroatoms. The molecule has 1 aliphatic rings. The number of rotatable bonds is 7. The molecule has 2 rings (SSSR count). The van der Waals surface area contributed by atoms with Crippen molar-refractivity contribution < 1.29 is 23.1 Å². The van der Waals surface area contributed by atoms with Gasteiger partial charge in [0, 0.05) is 32.6 Å². The molecule has 0 aliphatic carbocycles. The third-order valence-corrected chi connectivity index (χ3v) is 6.76. The second-order valence-corrected chi connectivity index (χ2v) is 8.49. The van der Waals surface area contributed by atoms with Gasteiger partial charge in [0.1, 0.15) is 0 Å². The first-order chi connectivity index (χ1) is 12.3. The number of benzene rings is 1. The van der Waals surface area contributed by atoms with Gasteiger partial charge in [-0.2, -0.15) is 4.31 Å². The van der Waals surface area contributed by atoms with Crippen LogP contribution in [0.1, 0.15) is 44.6 Å². The zero-order valence-electron chi connectivity index (χ0n) is 15.2. The number of piperazine rings is 1. The molecule has 1 heterocycles. The van der Waals surface area contributed by atoms with Crippen molar-refractivity contribution >= 4 is 21.9 Å². The molecule has 1 aromatic carbocycles. The minimum absolute atomic E-state index is 0.0564. The van der Waals surface area contributed by atoms with Crippen LogP contribution in [0.25, 0.3) is 0 Å². The van der Waals surface area contributed by atoms with Crippen LogP contribution in [0.4, 0.5) is 0 Å². The molecule has 0 saturated carbocycles. The highest BCUT2D eigenvalue weighted by molar-refractivity contribution is 7.89. The van der Waals surface area contributed by atoms with Gasteiger partial charge >= 0.3 is 5.97 Å². The lowest BCUT2D eigenvalue weighted by Crippen LogP contribution is -2.50. The highest BCUT2D eigenvalue weighted by atomic mass is 32.2. The van der Waals surface area contributed by atoms with Gasteiger partial charge in [-0.25, -0.2) is 8.42 Å². The maximum atomic E-state index is 12.8. The van der Waals surface area contributed by atoms with Crippen molar-refractivity contribution in [2.75, 3.05) is 26.2 Å². The van der Waals surface area contributed by atoms with E-state index in [1.807, 2.05) is 12.1 Å². The van der Waals surface area contributed by atoms with E-state index in [0.717, 1.165) is 12.0 Å². The number of carbonyl (C=O) groups is 2. The van der Waals surface area contributed by atoms with Gasteiger partial charge in [-0.1, -0.05) is 26.0 Å². The molecule has 1 aliphatic heterocycles. The summed E-state index contributed by atoms with van der Waals surface area (Å²) in [5, 5.41) is 8.65. The first-order valence-corrected chi connectivity index (χ1v) is 10.3. The molecule has 7 nitrogen and oxygen atoms in total. The first kappa shape index (κ1) is 20.4. The predicted molar refractivity (Wildman–Crippen MR) is 97.4 cm³/mol. The Labute approximate surface area is 154 Å². The maximum absolute atomic E-state index is 12.8. The fourth-order valence-electron chi connectivity index (χ4n) is 2.90. The molecule has 0 bridgehead atoms. The molecule has 1 amide bonds. The third-order valence-electron chi connectivity index (χ3n) is 4.84. The molecule has 0 radical (unpaired) electrons. The number of hydrogen-bond acceptors (Lipinski definition) is 4. The highest BCUT2D eigenvalue weighted by Gasteiger charge is 2.30. The fourth-order valence-corrected chi connectivity index (χ4v) is 4.33. The van der Waals surface area contributed by atoms with Gasteiger partial charge in [-0.3, -0.25) is 9.59 Å². The van der Waals surface area contributed by atoms with E-state index >= 15 is 0 Å². The Balaban J connectivity index is 1.99. The Kier molecular flexibility index (Phi) is 6.77. The maximum Gasteiger partial charge on any atom is 0.303 e. The van der Waals surface area contributed by atoms with Crippen molar-refractivity contribution in [2.45, 2.75) is 43.9 Å². The molecule has 1 saturated heterocycles. The van der Waals surface area contributed by atoms with Crippen LogP contribution in [0.5, 0.6) is 0 Å². The number of aliphatic carboxylic acids is 1. The van der Waals surface area contributed by atoms with E-state index in [4.69, 9.17) is 5.11 Å². The first-order valence-electron chi connectivity index (χ1n) is 8.85. The van der Waals surface area contributed by atoms with Crippen LogP contribution < -0.4 is 0 Å². The Bertz CT molecular complexity index is 737. The van der Waals surface area contributed by atoms with E-state index in [0.29, 0.717) is 5.92 Å². The molecule has 0 unspecified atom stereocenters. The van der Waals surface area contributed by atoms with Gasteiger partial charge in [-0.15, -0.1) is 0 Å². The van der Waals surface area contributed by atoms with Gasteiger partial charge < -0.3 is 10.0 Å². The zero-order valence-corrected chi connectivity index (χ0v) is 16.0. The minimum Gasteiger partial charge on any atom is -0.481 e. The normalized spacial score (nSPS) is 17.1. The molecule has 26 heavy (non-hydrogen) atoms. The number of carbonyl (C=O) groups excluding carboxylic acids is 1. The van der Waals surface area contributed by atoms with E-state index in [2.05, 4.69) is 13.8 Å². The van der Waals surface area contributed by atoms with Crippen LogP contribution in [-0.2, 0) is 19.6 Å². The highest BCUT2D eigenvalue weighted by Crippen LogP contribution is 2.23. The summed E-state index contributed by atoms with van der Waals surface area (Å²) in [7, 11) is -3.58. The second-order valence-electron chi connectivity index (χ2n) is 6.56. The largest absolute Gasteiger partial charge is 0.481 e. The Morgan fingerprint density at radius 2 is 1.65 bits per heavy atom. The summed E-state index contributed by atoms with van der Waals surface area (Å²) in [5.41, 5.74) is 1.11. The molecule has 0 aromatic heterocycles. The lowest BCUT2D eigenvalue weighted by molar-refractivity contribution is -0.141. The van der Waals surface area contributed by atoms with E-state index in [1.165, 1.54) is 9.21 Å². The second kappa shape index (κ2) is 8.64. The topological polar surface area (TPSA) is 95.0 Å². The SMILES string of the molecule is CC[C@@H](C)c1ccc(S(=O)(=O)N2CCN(C(=O)CCC(=O)O)CC2)cc1. The average molecular weight is 382 g/mol. The number of carboxylic acid groups (broad SMARTS) is 1. The summed E-state index contributed by atoms with van der Waals surface area (Å²) in [6.07, 6.45) is 0.725. The van der Waals surface area contributed by atoms with E-state index < -0.39 is 16.0 Å². The Hall–Kier alpha value is -1.93. The molecule has 1 fully saturated rings. The van der Waals surface area contributed by atoms with Crippen molar-refractivity contribution in [3.05, 3.63) is 29.8 Å². The van der Waals surface area contributed by atoms with Crippen LogP contribution in [-0.4, -0.2) is 60.8 Å².